The van der Waals surface area contributed by atoms with E-state index in [1.807, 2.05) is 4.90 Å². The summed E-state index contributed by atoms with van der Waals surface area (Å²) in [6, 6.07) is 0. The summed E-state index contributed by atoms with van der Waals surface area (Å²) in [6.07, 6.45) is 2.59. The Kier molecular flexibility index (Phi) is 5.22. The molecule has 94 valence electrons. The molecule has 1 amide bonds. The van der Waals surface area contributed by atoms with E-state index in [4.69, 9.17) is 5.73 Å². The summed E-state index contributed by atoms with van der Waals surface area (Å²) in [5.41, 5.74) is 5.75. The van der Waals surface area contributed by atoms with Crippen molar-refractivity contribution in [1.82, 2.24) is 10.2 Å². The summed E-state index contributed by atoms with van der Waals surface area (Å²) in [7, 11) is 0. The lowest BCUT2D eigenvalue weighted by molar-refractivity contribution is -0.132. The minimum Gasteiger partial charge on any atom is -0.340 e. The van der Waals surface area contributed by atoms with Crippen molar-refractivity contribution in [3.05, 3.63) is 0 Å². The first-order chi connectivity index (χ1) is 7.55. The number of nitrogens with two attached hydrogens (primary N) is 1. The molecule has 1 heterocycles. The standard InChI is InChI=1S/C12H25N3O/c1-12(2,5-6-13)4-3-11(16)15-9-7-14-8-10-15/h14H,3-10,13H2,1-2H3. The van der Waals surface area contributed by atoms with E-state index in [9.17, 15) is 4.79 Å². The molecule has 0 radical (unpaired) electrons. The summed E-state index contributed by atoms with van der Waals surface area (Å²) in [5, 5.41) is 3.25. The third kappa shape index (κ3) is 4.49. The number of piperazine rings is 1. The number of carbonyl (C=O) groups excluding carboxylic acids is 1. The van der Waals surface area contributed by atoms with E-state index in [0.29, 0.717) is 18.9 Å². The number of nitrogens with one attached hydrogen (secondary N) is 1. The van der Waals surface area contributed by atoms with Gasteiger partial charge >= 0.3 is 0 Å². The van der Waals surface area contributed by atoms with Crippen LogP contribution in [0.3, 0.4) is 0 Å². The second-order valence-electron chi connectivity index (χ2n) is 5.33. The van der Waals surface area contributed by atoms with Gasteiger partial charge in [-0.25, -0.2) is 0 Å². The summed E-state index contributed by atoms with van der Waals surface area (Å²) in [5.74, 6) is 0.298. The first kappa shape index (κ1) is 13.5. The van der Waals surface area contributed by atoms with Crippen LogP contribution in [0.15, 0.2) is 0 Å². The molecular formula is C12H25N3O. The molecule has 4 nitrogen and oxygen atoms in total. The fourth-order valence-electron chi connectivity index (χ4n) is 2.03. The SMILES string of the molecule is CC(C)(CCN)CCC(=O)N1CCNCC1. The van der Waals surface area contributed by atoms with Crippen molar-refractivity contribution in [1.29, 1.82) is 0 Å². The fraction of sp³-hybridized carbons (Fsp3) is 0.917. The van der Waals surface area contributed by atoms with Crippen molar-refractivity contribution >= 4 is 5.91 Å². The lowest BCUT2D eigenvalue weighted by Gasteiger charge is -2.29. The molecule has 1 rings (SSSR count). The van der Waals surface area contributed by atoms with E-state index >= 15 is 0 Å². The normalized spacial score (nSPS) is 17.6. The molecule has 0 aromatic heterocycles. The van der Waals surface area contributed by atoms with Crippen LogP contribution in [0.1, 0.15) is 33.1 Å². The van der Waals surface area contributed by atoms with E-state index in [2.05, 4.69) is 19.2 Å². The molecule has 0 saturated carbocycles. The molecule has 0 unspecified atom stereocenters. The zero-order valence-electron chi connectivity index (χ0n) is 10.6. The smallest absolute Gasteiger partial charge is 0.222 e. The molecule has 1 saturated heterocycles. The molecule has 0 aromatic carbocycles. The highest BCUT2D eigenvalue weighted by atomic mass is 16.2. The van der Waals surface area contributed by atoms with Crippen molar-refractivity contribution in [3.8, 4) is 0 Å². The van der Waals surface area contributed by atoms with E-state index in [0.717, 1.165) is 39.0 Å². The highest BCUT2D eigenvalue weighted by Gasteiger charge is 2.21. The lowest BCUT2D eigenvalue weighted by atomic mass is 9.84. The average molecular weight is 227 g/mol. The van der Waals surface area contributed by atoms with E-state index in [1.165, 1.54) is 0 Å². The van der Waals surface area contributed by atoms with Crippen molar-refractivity contribution in [2.45, 2.75) is 33.1 Å². The van der Waals surface area contributed by atoms with Gasteiger partial charge < -0.3 is 16.0 Å². The summed E-state index contributed by atoms with van der Waals surface area (Å²) in [4.78, 5) is 13.9. The predicted octanol–water partition coefficient (Wildman–Crippen LogP) is 0.573. The van der Waals surface area contributed by atoms with Gasteiger partial charge in [-0.1, -0.05) is 13.8 Å². The third-order valence-electron chi connectivity index (χ3n) is 3.31. The Morgan fingerprint density at radius 3 is 2.50 bits per heavy atom. The Hall–Kier alpha value is -0.610. The third-order valence-corrected chi connectivity index (χ3v) is 3.31. The van der Waals surface area contributed by atoms with Crippen LogP contribution in [-0.4, -0.2) is 43.5 Å². The monoisotopic (exact) mass is 227 g/mol. The van der Waals surface area contributed by atoms with Gasteiger partial charge in [-0.05, 0) is 24.8 Å². The molecule has 1 fully saturated rings. The minimum absolute atomic E-state index is 0.193. The number of nitrogens with zero attached hydrogens (tertiary/aromatic N) is 1. The highest BCUT2D eigenvalue weighted by molar-refractivity contribution is 5.76. The maximum absolute atomic E-state index is 11.9. The quantitative estimate of drug-likeness (QED) is 0.722. The van der Waals surface area contributed by atoms with E-state index < -0.39 is 0 Å². The summed E-state index contributed by atoms with van der Waals surface area (Å²) >= 11 is 0. The van der Waals surface area contributed by atoms with Crippen LogP contribution in [0.5, 0.6) is 0 Å². The molecule has 1 aliphatic heterocycles. The predicted molar refractivity (Wildman–Crippen MR) is 66.1 cm³/mol. The molecule has 4 heteroatoms. The zero-order chi connectivity index (χ0) is 12.0. The van der Waals surface area contributed by atoms with Gasteiger partial charge in [0.15, 0.2) is 0 Å². The number of amides is 1. The molecule has 3 N–H and O–H groups in total. The second-order valence-corrected chi connectivity index (χ2v) is 5.33. The van der Waals surface area contributed by atoms with Crippen LogP contribution in [0.4, 0.5) is 0 Å². The average Bonchev–Trinajstić information content (AvgIpc) is 2.27. The van der Waals surface area contributed by atoms with Gasteiger partial charge in [0.05, 0.1) is 0 Å². The van der Waals surface area contributed by atoms with Gasteiger partial charge in [0.2, 0.25) is 5.91 Å². The summed E-state index contributed by atoms with van der Waals surface area (Å²) in [6.45, 7) is 8.65. The molecule has 0 spiro atoms. The van der Waals surface area contributed by atoms with E-state index in [1.54, 1.807) is 0 Å². The summed E-state index contributed by atoms with van der Waals surface area (Å²) < 4.78 is 0. The van der Waals surface area contributed by atoms with Crippen LogP contribution < -0.4 is 11.1 Å². The van der Waals surface area contributed by atoms with Crippen molar-refractivity contribution in [2.75, 3.05) is 32.7 Å². The Labute approximate surface area is 98.6 Å². The number of carbonyl (C=O) groups is 1. The van der Waals surface area contributed by atoms with Crippen molar-refractivity contribution in [2.24, 2.45) is 11.1 Å². The molecule has 0 atom stereocenters. The number of hydrogen-bond acceptors (Lipinski definition) is 3. The van der Waals surface area contributed by atoms with Crippen LogP contribution in [-0.2, 0) is 4.79 Å². The van der Waals surface area contributed by atoms with Crippen molar-refractivity contribution < 1.29 is 4.79 Å². The maximum Gasteiger partial charge on any atom is 0.222 e. The Morgan fingerprint density at radius 1 is 1.31 bits per heavy atom. The van der Waals surface area contributed by atoms with Crippen molar-refractivity contribution in [3.63, 3.8) is 0 Å². The molecule has 0 bridgehead atoms. The first-order valence-electron chi connectivity index (χ1n) is 6.24. The number of hydrogen-bond donors (Lipinski definition) is 2. The largest absolute Gasteiger partial charge is 0.340 e. The van der Waals surface area contributed by atoms with Gasteiger partial charge in [0, 0.05) is 32.6 Å². The molecular weight excluding hydrogens is 202 g/mol. The Bertz CT molecular complexity index is 222. The fourth-order valence-corrected chi connectivity index (χ4v) is 2.03. The molecule has 16 heavy (non-hydrogen) atoms. The maximum atomic E-state index is 11.9. The second kappa shape index (κ2) is 6.21. The van der Waals surface area contributed by atoms with Crippen LogP contribution in [0, 0.1) is 5.41 Å². The highest BCUT2D eigenvalue weighted by Crippen LogP contribution is 2.26. The van der Waals surface area contributed by atoms with Gasteiger partial charge in [0.25, 0.3) is 0 Å². The molecule has 0 aromatic rings. The van der Waals surface area contributed by atoms with Gasteiger partial charge in [-0.2, -0.15) is 0 Å². The van der Waals surface area contributed by atoms with E-state index in [-0.39, 0.29) is 5.41 Å². The lowest BCUT2D eigenvalue weighted by Crippen LogP contribution is -2.46. The van der Waals surface area contributed by atoms with Crippen LogP contribution in [0.25, 0.3) is 0 Å². The topological polar surface area (TPSA) is 58.4 Å². The number of rotatable bonds is 5. The Balaban J connectivity index is 2.28. The van der Waals surface area contributed by atoms with Crippen LogP contribution in [0.2, 0.25) is 0 Å². The van der Waals surface area contributed by atoms with Gasteiger partial charge in [-0.15, -0.1) is 0 Å². The first-order valence-corrected chi connectivity index (χ1v) is 6.24. The zero-order valence-corrected chi connectivity index (χ0v) is 10.6. The molecule has 0 aliphatic carbocycles. The van der Waals surface area contributed by atoms with Gasteiger partial charge in [0.1, 0.15) is 0 Å². The Morgan fingerprint density at radius 2 is 1.94 bits per heavy atom. The van der Waals surface area contributed by atoms with Crippen LogP contribution >= 0.6 is 0 Å². The molecule has 1 aliphatic rings. The van der Waals surface area contributed by atoms with Gasteiger partial charge in [-0.3, -0.25) is 4.79 Å². The minimum atomic E-state index is 0.193.